The highest BCUT2D eigenvalue weighted by atomic mass is 16.5. The predicted octanol–water partition coefficient (Wildman–Crippen LogP) is 2.94. The van der Waals surface area contributed by atoms with E-state index in [0.29, 0.717) is 0 Å². The Hall–Kier alpha value is -1.75. The van der Waals surface area contributed by atoms with Crippen molar-refractivity contribution in [2.75, 3.05) is 26.3 Å². The van der Waals surface area contributed by atoms with Crippen molar-refractivity contribution in [3.63, 3.8) is 0 Å². The predicted molar refractivity (Wildman–Crippen MR) is 89.1 cm³/mol. The minimum atomic E-state index is 0.0915. The standard InChI is InChI=1S/C17H27N3O2/c1-4-18-17(19-10-7-15-8-11-21-12-9-15)20-14(3)16-6-5-13(2)22-16/h5-6,8,14H,4,7,9-12H2,1-3H3,(H2,18,19,20). The van der Waals surface area contributed by atoms with Crippen LogP contribution in [0.25, 0.3) is 0 Å². The summed E-state index contributed by atoms with van der Waals surface area (Å²) in [5, 5.41) is 6.67. The first-order valence-electron chi connectivity index (χ1n) is 8.06. The highest BCUT2D eigenvalue weighted by molar-refractivity contribution is 5.80. The van der Waals surface area contributed by atoms with Crippen molar-refractivity contribution in [1.29, 1.82) is 0 Å². The van der Waals surface area contributed by atoms with Gasteiger partial charge in [0.25, 0.3) is 0 Å². The molecule has 5 nitrogen and oxygen atoms in total. The molecule has 0 spiro atoms. The van der Waals surface area contributed by atoms with E-state index in [-0.39, 0.29) is 6.04 Å². The molecule has 2 heterocycles. The van der Waals surface area contributed by atoms with Crippen LogP contribution in [0.2, 0.25) is 0 Å². The molecule has 1 aromatic heterocycles. The van der Waals surface area contributed by atoms with Crippen molar-refractivity contribution >= 4 is 5.96 Å². The van der Waals surface area contributed by atoms with Crippen molar-refractivity contribution in [2.24, 2.45) is 4.99 Å². The van der Waals surface area contributed by atoms with Crippen LogP contribution in [0.1, 0.15) is 44.3 Å². The Labute approximate surface area is 132 Å². The van der Waals surface area contributed by atoms with Crippen LogP contribution in [0.15, 0.2) is 33.2 Å². The molecule has 1 atom stereocenters. The number of ether oxygens (including phenoxy) is 1. The van der Waals surface area contributed by atoms with E-state index in [4.69, 9.17) is 9.15 Å². The Bertz CT molecular complexity index is 520. The Morgan fingerprint density at radius 1 is 1.41 bits per heavy atom. The first-order chi connectivity index (χ1) is 10.7. The third-order valence-electron chi connectivity index (χ3n) is 3.65. The molecule has 1 unspecified atom stereocenters. The molecule has 1 aliphatic rings. The molecule has 0 bridgehead atoms. The van der Waals surface area contributed by atoms with Crippen molar-refractivity contribution < 1.29 is 9.15 Å². The van der Waals surface area contributed by atoms with E-state index in [2.05, 4.69) is 35.5 Å². The van der Waals surface area contributed by atoms with Crippen LogP contribution in [0.4, 0.5) is 0 Å². The smallest absolute Gasteiger partial charge is 0.191 e. The lowest BCUT2D eigenvalue weighted by Gasteiger charge is -2.17. The van der Waals surface area contributed by atoms with E-state index >= 15 is 0 Å². The molecule has 5 heteroatoms. The minimum Gasteiger partial charge on any atom is -0.464 e. The molecule has 1 aliphatic heterocycles. The Morgan fingerprint density at radius 2 is 2.27 bits per heavy atom. The zero-order valence-corrected chi connectivity index (χ0v) is 13.8. The molecule has 0 radical (unpaired) electrons. The van der Waals surface area contributed by atoms with Crippen LogP contribution in [0, 0.1) is 6.92 Å². The summed E-state index contributed by atoms with van der Waals surface area (Å²) >= 11 is 0. The largest absolute Gasteiger partial charge is 0.464 e. The van der Waals surface area contributed by atoms with Gasteiger partial charge in [-0.2, -0.15) is 0 Å². The van der Waals surface area contributed by atoms with Gasteiger partial charge in [0.15, 0.2) is 5.96 Å². The number of hydrogen-bond acceptors (Lipinski definition) is 3. The fraction of sp³-hybridized carbons (Fsp3) is 0.588. The minimum absolute atomic E-state index is 0.0915. The maximum Gasteiger partial charge on any atom is 0.191 e. The fourth-order valence-electron chi connectivity index (χ4n) is 2.39. The monoisotopic (exact) mass is 305 g/mol. The van der Waals surface area contributed by atoms with Crippen LogP contribution >= 0.6 is 0 Å². The van der Waals surface area contributed by atoms with Gasteiger partial charge in [0, 0.05) is 13.1 Å². The first kappa shape index (κ1) is 16.6. The molecule has 2 rings (SSSR count). The van der Waals surface area contributed by atoms with Crippen LogP contribution in [-0.4, -0.2) is 32.3 Å². The quantitative estimate of drug-likeness (QED) is 0.482. The zero-order valence-electron chi connectivity index (χ0n) is 13.8. The third kappa shape index (κ3) is 5.22. The van der Waals surface area contributed by atoms with Gasteiger partial charge < -0.3 is 19.8 Å². The van der Waals surface area contributed by atoms with E-state index in [1.165, 1.54) is 5.57 Å². The number of rotatable bonds is 6. The molecule has 22 heavy (non-hydrogen) atoms. The van der Waals surface area contributed by atoms with Gasteiger partial charge in [0.05, 0.1) is 19.3 Å². The molecule has 0 saturated carbocycles. The van der Waals surface area contributed by atoms with Crippen LogP contribution in [0.3, 0.4) is 0 Å². The van der Waals surface area contributed by atoms with Crippen LogP contribution < -0.4 is 10.6 Å². The van der Waals surface area contributed by atoms with Gasteiger partial charge in [0.1, 0.15) is 11.5 Å². The van der Waals surface area contributed by atoms with Gasteiger partial charge >= 0.3 is 0 Å². The number of nitrogens with zero attached hydrogens (tertiary/aromatic N) is 1. The fourth-order valence-corrected chi connectivity index (χ4v) is 2.39. The average molecular weight is 305 g/mol. The second-order valence-electron chi connectivity index (χ2n) is 5.51. The first-order valence-corrected chi connectivity index (χ1v) is 8.06. The van der Waals surface area contributed by atoms with Gasteiger partial charge in [-0.3, -0.25) is 4.99 Å². The summed E-state index contributed by atoms with van der Waals surface area (Å²) in [5.74, 6) is 2.68. The third-order valence-corrected chi connectivity index (χ3v) is 3.65. The summed E-state index contributed by atoms with van der Waals surface area (Å²) in [7, 11) is 0. The van der Waals surface area contributed by atoms with E-state index in [1.807, 2.05) is 19.1 Å². The number of guanidine groups is 1. The normalized spacial score (nSPS) is 17.0. The van der Waals surface area contributed by atoms with Crippen molar-refractivity contribution in [1.82, 2.24) is 10.6 Å². The maximum absolute atomic E-state index is 5.66. The summed E-state index contributed by atoms with van der Waals surface area (Å²) in [6.45, 7) is 9.30. The lowest BCUT2D eigenvalue weighted by molar-refractivity contribution is 0.153. The number of hydrogen-bond donors (Lipinski definition) is 2. The molecule has 122 valence electrons. The molecular formula is C17H27N3O2. The number of aryl methyl sites for hydroxylation is 1. The van der Waals surface area contributed by atoms with E-state index < -0.39 is 0 Å². The molecule has 2 N–H and O–H groups in total. The number of nitrogens with one attached hydrogen (secondary N) is 2. The second-order valence-corrected chi connectivity index (χ2v) is 5.51. The summed E-state index contributed by atoms with van der Waals surface area (Å²) < 4.78 is 11.0. The molecule has 0 aromatic carbocycles. The van der Waals surface area contributed by atoms with Gasteiger partial charge in [0.2, 0.25) is 0 Å². The molecule has 0 saturated heterocycles. The van der Waals surface area contributed by atoms with E-state index in [0.717, 1.165) is 56.6 Å². The van der Waals surface area contributed by atoms with Crippen LogP contribution in [0.5, 0.6) is 0 Å². The Kier molecular flexibility index (Phi) is 6.52. The number of furan rings is 1. The molecule has 0 amide bonds. The SMILES string of the molecule is CCNC(=NCCC1=CCOCC1)NC(C)c1ccc(C)o1. The van der Waals surface area contributed by atoms with Gasteiger partial charge in [-0.15, -0.1) is 0 Å². The van der Waals surface area contributed by atoms with Crippen LogP contribution in [-0.2, 0) is 4.74 Å². The Morgan fingerprint density at radius 3 is 2.91 bits per heavy atom. The summed E-state index contributed by atoms with van der Waals surface area (Å²) in [6.07, 6.45) is 4.20. The van der Waals surface area contributed by atoms with Crippen molar-refractivity contribution in [2.45, 2.75) is 39.7 Å². The Balaban J connectivity index is 1.87. The summed E-state index contributed by atoms with van der Waals surface area (Å²) in [4.78, 5) is 4.65. The van der Waals surface area contributed by atoms with Crippen molar-refractivity contribution in [3.05, 3.63) is 35.3 Å². The van der Waals surface area contributed by atoms with E-state index in [9.17, 15) is 0 Å². The highest BCUT2D eigenvalue weighted by Gasteiger charge is 2.11. The average Bonchev–Trinajstić information content (AvgIpc) is 2.95. The molecular weight excluding hydrogens is 278 g/mol. The molecule has 1 aromatic rings. The lowest BCUT2D eigenvalue weighted by Crippen LogP contribution is -2.38. The van der Waals surface area contributed by atoms with Gasteiger partial charge in [-0.25, -0.2) is 0 Å². The van der Waals surface area contributed by atoms with Gasteiger partial charge in [-0.05, 0) is 45.7 Å². The molecule has 0 fully saturated rings. The summed E-state index contributed by atoms with van der Waals surface area (Å²) in [5.41, 5.74) is 1.44. The highest BCUT2D eigenvalue weighted by Crippen LogP contribution is 2.15. The topological polar surface area (TPSA) is 58.8 Å². The zero-order chi connectivity index (χ0) is 15.8. The molecule has 0 aliphatic carbocycles. The summed E-state index contributed by atoms with van der Waals surface area (Å²) in [6, 6.07) is 4.08. The number of aliphatic imine (C=N–C) groups is 1. The van der Waals surface area contributed by atoms with E-state index in [1.54, 1.807) is 0 Å². The van der Waals surface area contributed by atoms with Gasteiger partial charge in [-0.1, -0.05) is 11.6 Å². The second kappa shape index (κ2) is 8.63. The lowest BCUT2D eigenvalue weighted by atomic mass is 10.1. The maximum atomic E-state index is 5.66. The van der Waals surface area contributed by atoms with Crippen molar-refractivity contribution in [3.8, 4) is 0 Å².